The van der Waals surface area contributed by atoms with Crippen LogP contribution >= 0.6 is 0 Å². The van der Waals surface area contributed by atoms with E-state index in [4.69, 9.17) is 0 Å². The second-order valence-corrected chi connectivity index (χ2v) is 9.09. The summed E-state index contributed by atoms with van der Waals surface area (Å²) in [5.74, 6) is -0.102. The minimum absolute atomic E-state index is 0.102. The molecular formula is C21H28N2O3S. The summed E-state index contributed by atoms with van der Waals surface area (Å²) in [4.78, 5) is 14.2. The van der Waals surface area contributed by atoms with E-state index in [1.54, 1.807) is 29.2 Å². The van der Waals surface area contributed by atoms with Gasteiger partial charge in [-0.15, -0.1) is 0 Å². The highest BCUT2D eigenvalue weighted by Gasteiger charge is 2.22. The van der Waals surface area contributed by atoms with Crippen LogP contribution in [0.3, 0.4) is 0 Å². The second-order valence-electron chi connectivity index (χ2n) is 7.40. The van der Waals surface area contributed by atoms with E-state index in [-0.39, 0.29) is 16.2 Å². The van der Waals surface area contributed by atoms with E-state index >= 15 is 0 Å². The first-order valence-electron chi connectivity index (χ1n) is 9.11. The highest BCUT2D eigenvalue weighted by molar-refractivity contribution is 7.92. The van der Waals surface area contributed by atoms with Gasteiger partial charge in [0.1, 0.15) is 0 Å². The normalized spacial score (nSPS) is 11.9. The van der Waals surface area contributed by atoms with Crippen molar-refractivity contribution in [3.05, 3.63) is 59.7 Å². The number of nitrogens with one attached hydrogen (secondary N) is 1. The number of carbonyl (C=O) groups is 1. The van der Waals surface area contributed by atoms with Gasteiger partial charge < -0.3 is 4.90 Å². The van der Waals surface area contributed by atoms with Gasteiger partial charge in [-0.25, -0.2) is 8.42 Å². The minimum Gasteiger partial charge on any atom is -0.339 e. The number of sulfonamides is 1. The van der Waals surface area contributed by atoms with Gasteiger partial charge >= 0.3 is 0 Å². The van der Waals surface area contributed by atoms with Gasteiger partial charge in [0.15, 0.2) is 0 Å². The molecule has 0 radical (unpaired) electrons. The van der Waals surface area contributed by atoms with Crippen molar-refractivity contribution in [1.29, 1.82) is 0 Å². The lowest BCUT2D eigenvalue weighted by Gasteiger charge is -2.23. The number of hydrogen-bond donors (Lipinski definition) is 1. The largest absolute Gasteiger partial charge is 0.339 e. The zero-order chi connectivity index (χ0) is 20.2. The van der Waals surface area contributed by atoms with Gasteiger partial charge in [0.2, 0.25) is 0 Å². The van der Waals surface area contributed by atoms with Crippen LogP contribution in [0.25, 0.3) is 0 Å². The Morgan fingerprint density at radius 1 is 0.963 bits per heavy atom. The Morgan fingerprint density at radius 2 is 1.52 bits per heavy atom. The summed E-state index contributed by atoms with van der Waals surface area (Å²) >= 11 is 0. The molecule has 2 aromatic carbocycles. The van der Waals surface area contributed by atoms with Crippen molar-refractivity contribution in [3.63, 3.8) is 0 Å². The van der Waals surface area contributed by atoms with Crippen molar-refractivity contribution < 1.29 is 13.2 Å². The molecular weight excluding hydrogens is 360 g/mol. The summed E-state index contributed by atoms with van der Waals surface area (Å²) in [6.45, 7) is 11.2. The molecule has 0 aliphatic carbocycles. The number of para-hydroxylation sites is 1. The fourth-order valence-corrected chi connectivity index (χ4v) is 3.98. The van der Waals surface area contributed by atoms with Crippen molar-refractivity contribution in [2.75, 3.05) is 17.8 Å². The Labute approximate surface area is 162 Å². The van der Waals surface area contributed by atoms with E-state index in [0.717, 1.165) is 5.56 Å². The van der Waals surface area contributed by atoms with Crippen molar-refractivity contribution in [1.82, 2.24) is 4.90 Å². The van der Waals surface area contributed by atoms with Crippen LogP contribution in [0.1, 0.15) is 50.5 Å². The fourth-order valence-electron chi connectivity index (χ4n) is 2.90. The molecule has 1 amide bonds. The van der Waals surface area contributed by atoms with Crippen LogP contribution in [0.4, 0.5) is 5.69 Å². The van der Waals surface area contributed by atoms with Gasteiger partial charge in [-0.1, -0.05) is 39.0 Å². The third-order valence-corrected chi connectivity index (χ3v) is 5.82. The molecule has 0 bridgehead atoms. The van der Waals surface area contributed by atoms with Crippen LogP contribution in [0, 0.1) is 0 Å². The standard InChI is InChI=1S/C21H28N2O3S/c1-6-23(7-2)20(24)16-12-14-17(15-13-16)27(25,26)22-19-11-9-8-10-18(19)21(3,4)5/h8-15,22H,6-7H2,1-5H3. The van der Waals surface area contributed by atoms with E-state index in [0.29, 0.717) is 24.3 Å². The third-order valence-electron chi connectivity index (χ3n) is 4.44. The smallest absolute Gasteiger partial charge is 0.261 e. The molecule has 0 aromatic heterocycles. The van der Waals surface area contributed by atoms with Crippen LogP contribution in [0.15, 0.2) is 53.4 Å². The van der Waals surface area contributed by atoms with E-state index in [9.17, 15) is 13.2 Å². The van der Waals surface area contributed by atoms with Crippen LogP contribution in [-0.2, 0) is 15.4 Å². The summed E-state index contributed by atoms with van der Waals surface area (Å²) in [7, 11) is -3.74. The van der Waals surface area contributed by atoms with Crippen LogP contribution in [0.5, 0.6) is 0 Å². The molecule has 0 fully saturated rings. The summed E-state index contributed by atoms with van der Waals surface area (Å²) in [6.07, 6.45) is 0. The van der Waals surface area contributed by atoms with Crippen molar-refractivity contribution >= 4 is 21.6 Å². The molecule has 0 aliphatic heterocycles. The average Bonchev–Trinajstić information content (AvgIpc) is 2.62. The van der Waals surface area contributed by atoms with Crippen molar-refractivity contribution in [3.8, 4) is 0 Å². The van der Waals surface area contributed by atoms with E-state index in [2.05, 4.69) is 4.72 Å². The van der Waals surface area contributed by atoms with Crippen molar-refractivity contribution in [2.45, 2.75) is 44.9 Å². The Kier molecular flexibility index (Phi) is 6.31. The molecule has 0 saturated carbocycles. The van der Waals surface area contributed by atoms with Crippen LogP contribution in [0.2, 0.25) is 0 Å². The Morgan fingerprint density at radius 3 is 2.04 bits per heavy atom. The predicted molar refractivity (Wildman–Crippen MR) is 110 cm³/mol. The highest BCUT2D eigenvalue weighted by atomic mass is 32.2. The Bertz CT molecular complexity index is 894. The molecule has 0 unspecified atom stereocenters. The number of benzene rings is 2. The topological polar surface area (TPSA) is 66.5 Å². The molecule has 2 rings (SSSR count). The van der Waals surface area contributed by atoms with Crippen LogP contribution in [-0.4, -0.2) is 32.3 Å². The molecule has 0 heterocycles. The first-order chi connectivity index (χ1) is 12.6. The number of rotatable bonds is 6. The van der Waals surface area contributed by atoms with Gasteiger partial charge in [0.25, 0.3) is 15.9 Å². The zero-order valence-corrected chi connectivity index (χ0v) is 17.4. The molecule has 1 N–H and O–H groups in total. The number of anilines is 1. The minimum atomic E-state index is -3.74. The second kappa shape index (κ2) is 8.13. The maximum atomic E-state index is 12.8. The summed E-state index contributed by atoms with van der Waals surface area (Å²) < 4.78 is 28.3. The molecule has 2 aromatic rings. The molecule has 0 atom stereocenters. The number of hydrogen-bond acceptors (Lipinski definition) is 3. The van der Waals surface area contributed by atoms with E-state index in [1.165, 1.54) is 12.1 Å². The molecule has 5 nitrogen and oxygen atoms in total. The van der Waals surface area contributed by atoms with Gasteiger partial charge in [0, 0.05) is 18.7 Å². The van der Waals surface area contributed by atoms with E-state index < -0.39 is 10.0 Å². The maximum Gasteiger partial charge on any atom is 0.261 e. The van der Waals surface area contributed by atoms with E-state index in [1.807, 2.05) is 46.8 Å². The van der Waals surface area contributed by atoms with Gasteiger partial charge in [-0.3, -0.25) is 9.52 Å². The van der Waals surface area contributed by atoms with Gasteiger partial charge in [0.05, 0.1) is 10.6 Å². The quantitative estimate of drug-likeness (QED) is 0.804. The number of nitrogens with zero attached hydrogens (tertiary/aromatic N) is 1. The number of carbonyl (C=O) groups excluding carboxylic acids is 1. The molecule has 0 aliphatic rings. The third kappa shape index (κ3) is 4.89. The molecule has 6 heteroatoms. The summed E-state index contributed by atoms with van der Waals surface area (Å²) in [5, 5.41) is 0. The molecule has 27 heavy (non-hydrogen) atoms. The van der Waals surface area contributed by atoms with Gasteiger partial charge in [-0.05, 0) is 55.2 Å². The Balaban J connectivity index is 2.30. The lowest BCUT2D eigenvalue weighted by Crippen LogP contribution is -2.30. The highest BCUT2D eigenvalue weighted by Crippen LogP contribution is 2.30. The zero-order valence-electron chi connectivity index (χ0n) is 16.6. The predicted octanol–water partition coefficient (Wildman–Crippen LogP) is 4.27. The molecule has 0 spiro atoms. The first-order valence-corrected chi connectivity index (χ1v) is 10.6. The lowest BCUT2D eigenvalue weighted by atomic mass is 9.86. The Hall–Kier alpha value is -2.34. The lowest BCUT2D eigenvalue weighted by molar-refractivity contribution is 0.0773. The SMILES string of the molecule is CCN(CC)C(=O)c1ccc(S(=O)(=O)Nc2ccccc2C(C)(C)C)cc1. The molecule has 146 valence electrons. The monoisotopic (exact) mass is 388 g/mol. The number of amides is 1. The fraction of sp³-hybridized carbons (Fsp3) is 0.381. The molecule has 0 saturated heterocycles. The summed E-state index contributed by atoms with van der Waals surface area (Å²) in [5.41, 5.74) is 1.77. The van der Waals surface area contributed by atoms with Crippen molar-refractivity contribution in [2.24, 2.45) is 0 Å². The maximum absolute atomic E-state index is 12.8. The summed E-state index contributed by atoms with van der Waals surface area (Å²) in [6, 6.07) is 13.4. The first kappa shape index (κ1) is 21.0. The van der Waals surface area contributed by atoms with Crippen LogP contribution < -0.4 is 4.72 Å². The average molecular weight is 389 g/mol. The van der Waals surface area contributed by atoms with Gasteiger partial charge in [-0.2, -0.15) is 0 Å².